The van der Waals surface area contributed by atoms with Crippen molar-refractivity contribution >= 4 is 23.5 Å². The Labute approximate surface area is 182 Å². The van der Waals surface area contributed by atoms with Crippen LogP contribution < -0.4 is 10.6 Å². The van der Waals surface area contributed by atoms with Gasteiger partial charge in [-0.15, -0.1) is 0 Å². The molecule has 2 saturated heterocycles. The molecule has 0 aliphatic carbocycles. The quantitative estimate of drug-likeness (QED) is 0.672. The molecule has 3 rings (SSSR count). The molecule has 3 amide bonds. The number of benzene rings is 1. The molecule has 2 aliphatic heterocycles. The Hall–Kier alpha value is -2.07. The Kier molecular flexibility index (Phi) is 7.31. The van der Waals surface area contributed by atoms with Crippen LogP contribution in [0.2, 0.25) is 5.02 Å². The molecule has 0 aromatic heterocycles. The monoisotopic (exact) mass is 464 g/mol. The average molecular weight is 465 g/mol. The third-order valence-corrected chi connectivity index (χ3v) is 6.14. The molecule has 172 valence electrons. The summed E-state index contributed by atoms with van der Waals surface area (Å²) in [6.45, 7) is 1.77. The van der Waals surface area contributed by atoms with Crippen LogP contribution >= 0.6 is 11.6 Å². The number of piperazine rings is 1. The first-order valence-electron chi connectivity index (χ1n) is 10.1. The van der Waals surface area contributed by atoms with E-state index in [1.807, 2.05) is 0 Å². The first-order chi connectivity index (χ1) is 14.5. The Bertz CT molecular complexity index is 815. The van der Waals surface area contributed by atoms with Crippen LogP contribution in [-0.4, -0.2) is 66.7 Å². The summed E-state index contributed by atoms with van der Waals surface area (Å²) in [7, 11) is 0. The van der Waals surface area contributed by atoms with Gasteiger partial charge in [0.1, 0.15) is 11.9 Å². The summed E-state index contributed by atoms with van der Waals surface area (Å²) in [6, 6.07) is 2.46. The van der Waals surface area contributed by atoms with E-state index in [0.717, 1.165) is 0 Å². The summed E-state index contributed by atoms with van der Waals surface area (Å²) in [5.41, 5.74) is 0.572. The minimum Gasteiger partial charge on any atom is -0.353 e. The largest absolute Gasteiger partial charge is 0.401 e. The molecule has 1 aromatic rings. The van der Waals surface area contributed by atoms with Crippen LogP contribution in [-0.2, 0) is 4.79 Å². The Morgan fingerprint density at radius 1 is 1.29 bits per heavy atom. The molecule has 0 bridgehead atoms. The van der Waals surface area contributed by atoms with Gasteiger partial charge in [-0.05, 0) is 56.5 Å². The molecule has 0 saturated carbocycles. The summed E-state index contributed by atoms with van der Waals surface area (Å²) < 4.78 is 51.8. The second-order valence-electron chi connectivity index (χ2n) is 7.99. The van der Waals surface area contributed by atoms with Gasteiger partial charge in [-0.2, -0.15) is 13.2 Å². The first-order valence-corrected chi connectivity index (χ1v) is 10.5. The normalized spacial score (nSPS) is 22.2. The van der Waals surface area contributed by atoms with Crippen molar-refractivity contribution < 1.29 is 27.2 Å². The van der Waals surface area contributed by atoms with Crippen molar-refractivity contribution in [2.45, 2.75) is 38.0 Å². The van der Waals surface area contributed by atoms with E-state index in [2.05, 4.69) is 10.6 Å². The first kappa shape index (κ1) is 23.6. The predicted octanol–water partition coefficient (Wildman–Crippen LogP) is 3.32. The molecule has 2 atom stereocenters. The fourth-order valence-corrected chi connectivity index (χ4v) is 4.34. The third kappa shape index (κ3) is 6.00. The van der Waals surface area contributed by atoms with Gasteiger partial charge in [-0.25, -0.2) is 9.18 Å². The number of hydrogen-bond acceptors (Lipinski definition) is 3. The maximum absolute atomic E-state index is 13.7. The van der Waals surface area contributed by atoms with Crippen molar-refractivity contribution in [3.8, 4) is 0 Å². The molecule has 0 spiro atoms. The van der Waals surface area contributed by atoms with Crippen LogP contribution in [0.1, 0.15) is 31.4 Å². The zero-order chi connectivity index (χ0) is 22.8. The van der Waals surface area contributed by atoms with Crippen LogP contribution in [0.4, 0.5) is 22.4 Å². The van der Waals surface area contributed by atoms with Crippen molar-refractivity contribution in [3.05, 3.63) is 34.6 Å². The molecule has 2 aliphatic rings. The maximum atomic E-state index is 13.7. The molecular weight excluding hydrogens is 440 g/mol. The number of nitrogens with zero attached hydrogens (tertiary/aromatic N) is 2. The molecule has 2 fully saturated rings. The van der Waals surface area contributed by atoms with Gasteiger partial charge in [-0.3, -0.25) is 9.69 Å². The molecule has 2 N–H and O–H groups in total. The lowest BCUT2D eigenvalue weighted by Crippen LogP contribution is -2.59. The van der Waals surface area contributed by atoms with E-state index in [9.17, 15) is 27.2 Å². The maximum Gasteiger partial charge on any atom is 0.401 e. The number of carbonyl (C=O) groups excluding carboxylic acids is 2. The topological polar surface area (TPSA) is 64.7 Å². The minimum absolute atomic E-state index is 0.100. The molecule has 0 unspecified atom stereocenters. The Morgan fingerprint density at radius 3 is 2.58 bits per heavy atom. The minimum atomic E-state index is -4.27. The van der Waals surface area contributed by atoms with Crippen molar-refractivity contribution in [1.29, 1.82) is 0 Å². The highest BCUT2D eigenvalue weighted by atomic mass is 35.5. The number of amides is 3. The van der Waals surface area contributed by atoms with Gasteiger partial charge in [0.2, 0.25) is 5.91 Å². The van der Waals surface area contributed by atoms with Gasteiger partial charge in [-0.1, -0.05) is 17.7 Å². The molecule has 0 radical (unpaired) electrons. The molecule has 2 heterocycles. The summed E-state index contributed by atoms with van der Waals surface area (Å²) in [6.07, 6.45) is -3.42. The van der Waals surface area contributed by atoms with E-state index < -0.39 is 36.7 Å². The van der Waals surface area contributed by atoms with Crippen LogP contribution in [0.15, 0.2) is 18.2 Å². The van der Waals surface area contributed by atoms with Crippen LogP contribution in [0, 0.1) is 11.7 Å². The number of urea groups is 1. The predicted molar refractivity (Wildman–Crippen MR) is 107 cm³/mol. The molecular formula is C20H25ClF4N4O2. The lowest BCUT2D eigenvalue weighted by atomic mass is 9.85. The third-order valence-electron chi connectivity index (χ3n) is 5.85. The van der Waals surface area contributed by atoms with Gasteiger partial charge < -0.3 is 15.5 Å². The number of rotatable bonds is 4. The zero-order valence-electron chi connectivity index (χ0n) is 17.0. The summed E-state index contributed by atoms with van der Waals surface area (Å²) >= 11 is 5.94. The van der Waals surface area contributed by atoms with E-state index in [0.29, 0.717) is 31.5 Å². The average Bonchev–Trinajstić information content (AvgIpc) is 2.70. The van der Waals surface area contributed by atoms with Crippen molar-refractivity contribution in [2.75, 3.05) is 32.7 Å². The molecule has 1 aromatic carbocycles. The highest BCUT2D eigenvalue weighted by molar-refractivity contribution is 6.30. The SMILES string of the molecule is C[C@@H]1C(=O)NCCN1C(=O)N[C@@H](c1ccc(F)c(Cl)c1)C1CCN(CC(F)(F)F)CC1. The van der Waals surface area contributed by atoms with Crippen LogP contribution in [0.25, 0.3) is 0 Å². The number of likely N-dealkylation sites (tertiary alicyclic amines) is 1. The van der Waals surface area contributed by atoms with E-state index in [1.165, 1.54) is 28.0 Å². The lowest BCUT2D eigenvalue weighted by Gasteiger charge is -2.39. The highest BCUT2D eigenvalue weighted by Gasteiger charge is 2.36. The fourth-order valence-electron chi connectivity index (χ4n) is 4.15. The van der Waals surface area contributed by atoms with E-state index >= 15 is 0 Å². The van der Waals surface area contributed by atoms with E-state index in [4.69, 9.17) is 11.6 Å². The molecule has 31 heavy (non-hydrogen) atoms. The van der Waals surface area contributed by atoms with Gasteiger partial charge in [0.15, 0.2) is 0 Å². The Balaban J connectivity index is 1.77. The number of halogens is 5. The van der Waals surface area contributed by atoms with Gasteiger partial charge in [0.25, 0.3) is 0 Å². The number of alkyl halides is 3. The number of piperidine rings is 1. The summed E-state index contributed by atoms with van der Waals surface area (Å²) in [5, 5.41) is 5.50. The van der Waals surface area contributed by atoms with Crippen LogP contribution in [0.3, 0.4) is 0 Å². The second kappa shape index (κ2) is 9.60. The Morgan fingerprint density at radius 2 is 1.97 bits per heavy atom. The number of hydrogen-bond donors (Lipinski definition) is 2. The van der Waals surface area contributed by atoms with Gasteiger partial charge in [0.05, 0.1) is 17.6 Å². The smallest absolute Gasteiger partial charge is 0.353 e. The second-order valence-corrected chi connectivity index (χ2v) is 8.40. The van der Waals surface area contributed by atoms with Gasteiger partial charge >= 0.3 is 12.2 Å². The van der Waals surface area contributed by atoms with Gasteiger partial charge in [0, 0.05) is 13.1 Å². The highest BCUT2D eigenvalue weighted by Crippen LogP contribution is 2.34. The van der Waals surface area contributed by atoms with Crippen molar-refractivity contribution in [1.82, 2.24) is 20.4 Å². The lowest BCUT2D eigenvalue weighted by molar-refractivity contribution is -0.148. The standard InChI is InChI=1S/C20H25ClF4N4O2/c1-12-18(30)26-6-9-29(12)19(31)27-17(14-2-3-16(22)15(21)10-14)13-4-7-28(8-5-13)11-20(23,24)25/h2-3,10,12-13,17H,4-9,11H2,1H3,(H,26,30)(H,27,31)/t12-,17-/m1/s1. The van der Waals surface area contributed by atoms with E-state index in [-0.39, 0.29) is 29.9 Å². The van der Waals surface area contributed by atoms with Crippen LogP contribution in [0.5, 0.6) is 0 Å². The van der Waals surface area contributed by atoms with E-state index in [1.54, 1.807) is 6.92 Å². The number of nitrogens with one attached hydrogen (secondary N) is 2. The molecule has 11 heteroatoms. The van der Waals surface area contributed by atoms with Crippen molar-refractivity contribution in [3.63, 3.8) is 0 Å². The number of carbonyl (C=O) groups is 2. The molecule has 6 nitrogen and oxygen atoms in total. The summed E-state index contributed by atoms with van der Waals surface area (Å²) in [4.78, 5) is 27.6. The van der Waals surface area contributed by atoms with Crippen molar-refractivity contribution in [2.24, 2.45) is 5.92 Å². The fraction of sp³-hybridized carbons (Fsp3) is 0.600. The summed E-state index contributed by atoms with van der Waals surface area (Å²) in [5.74, 6) is -1.02. The zero-order valence-corrected chi connectivity index (χ0v) is 17.8.